The van der Waals surface area contributed by atoms with Crippen molar-refractivity contribution in [2.24, 2.45) is 0 Å². The van der Waals surface area contributed by atoms with Crippen LogP contribution in [0.1, 0.15) is 5.69 Å². The number of rotatable bonds is 1. The maximum Gasteiger partial charge on any atom is 0.229 e. The first-order chi connectivity index (χ1) is 5.69. The van der Waals surface area contributed by atoms with Gasteiger partial charge in [-0.3, -0.25) is 0 Å². The summed E-state index contributed by atoms with van der Waals surface area (Å²) in [6, 6.07) is 3.66. The summed E-state index contributed by atoms with van der Waals surface area (Å²) in [5, 5.41) is 8.62. The largest absolute Gasteiger partial charge is 0.480 e. The highest BCUT2D eigenvalue weighted by atomic mass is 79.9. The van der Waals surface area contributed by atoms with Crippen LogP contribution in [0, 0.1) is 11.3 Å². The van der Waals surface area contributed by atoms with Crippen LogP contribution in [0.5, 0.6) is 5.88 Å². The molecule has 0 radical (unpaired) electrons. The number of hydrogen-bond acceptors (Lipinski definition) is 3. The minimum absolute atomic E-state index is 0.315. The second kappa shape index (κ2) is 3.87. The molecule has 3 nitrogen and oxygen atoms in total. The number of aromatic nitrogens is 1. The number of pyridine rings is 1. The van der Waals surface area contributed by atoms with Crippen molar-refractivity contribution < 1.29 is 4.74 Å². The molecule has 12 heavy (non-hydrogen) atoms. The quantitative estimate of drug-likeness (QED) is 0.798. The minimum atomic E-state index is 0.315. The summed E-state index contributed by atoms with van der Waals surface area (Å²) in [7, 11) is 1.50. The molecule has 0 aliphatic heterocycles. The fourth-order valence-corrected chi connectivity index (χ4v) is 1.86. The van der Waals surface area contributed by atoms with Gasteiger partial charge in [-0.05, 0) is 37.9 Å². The lowest BCUT2D eigenvalue weighted by molar-refractivity contribution is 0.394. The molecule has 0 amide bonds. The molecule has 1 aromatic heterocycles. The number of nitrogens with zero attached hydrogens (tertiary/aromatic N) is 2. The van der Waals surface area contributed by atoms with E-state index in [-0.39, 0.29) is 0 Å². The van der Waals surface area contributed by atoms with E-state index in [0.717, 1.165) is 4.47 Å². The van der Waals surface area contributed by atoms with E-state index in [9.17, 15) is 0 Å². The maximum atomic E-state index is 8.62. The van der Waals surface area contributed by atoms with Crippen LogP contribution in [0.25, 0.3) is 0 Å². The molecule has 0 unspecified atom stereocenters. The van der Waals surface area contributed by atoms with E-state index >= 15 is 0 Å². The van der Waals surface area contributed by atoms with E-state index < -0.39 is 0 Å². The smallest absolute Gasteiger partial charge is 0.229 e. The van der Waals surface area contributed by atoms with Gasteiger partial charge < -0.3 is 4.74 Å². The standard InChI is InChI=1S/C7H4Br2N2O/c1-12-7-5(9)2-4(8)6(3-10)11-7/h2H,1H3. The van der Waals surface area contributed by atoms with E-state index in [2.05, 4.69) is 36.8 Å². The van der Waals surface area contributed by atoms with Gasteiger partial charge in [0, 0.05) is 0 Å². The molecule has 5 heteroatoms. The van der Waals surface area contributed by atoms with Crippen LogP contribution >= 0.6 is 31.9 Å². The molecule has 1 aromatic rings. The summed E-state index contributed by atoms with van der Waals surface area (Å²) in [4.78, 5) is 3.93. The van der Waals surface area contributed by atoms with Gasteiger partial charge in [0.25, 0.3) is 0 Å². The molecule has 0 atom stereocenters. The molecule has 1 heterocycles. The molecule has 0 bridgehead atoms. The Bertz CT molecular complexity index is 346. The van der Waals surface area contributed by atoms with Crippen molar-refractivity contribution in [2.45, 2.75) is 0 Å². The Morgan fingerprint density at radius 1 is 1.50 bits per heavy atom. The van der Waals surface area contributed by atoms with Crippen LogP contribution in [-0.2, 0) is 0 Å². The Balaban J connectivity index is 3.30. The van der Waals surface area contributed by atoms with E-state index in [1.807, 2.05) is 6.07 Å². The summed E-state index contributed by atoms with van der Waals surface area (Å²) in [5.74, 6) is 0.412. The minimum Gasteiger partial charge on any atom is -0.480 e. The monoisotopic (exact) mass is 290 g/mol. The molecule has 0 N–H and O–H groups in total. The van der Waals surface area contributed by atoms with Gasteiger partial charge in [-0.15, -0.1) is 0 Å². The first-order valence-corrected chi connectivity index (χ1v) is 4.57. The van der Waals surface area contributed by atoms with Gasteiger partial charge in [0.2, 0.25) is 5.88 Å². The average molecular weight is 292 g/mol. The van der Waals surface area contributed by atoms with Crippen molar-refractivity contribution in [3.05, 3.63) is 20.7 Å². The summed E-state index contributed by atoms with van der Waals surface area (Å²) in [6.45, 7) is 0. The predicted molar refractivity (Wildman–Crippen MR) is 50.9 cm³/mol. The number of hydrogen-bond donors (Lipinski definition) is 0. The third kappa shape index (κ3) is 1.76. The highest BCUT2D eigenvalue weighted by Crippen LogP contribution is 2.27. The molecular weight excluding hydrogens is 288 g/mol. The van der Waals surface area contributed by atoms with Crippen LogP contribution in [-0.4, -0.2) is 12.1 Å². The van der Waals surface area contributed by atoms with Gasteiger partial charge in [-0.2, -0.15) is 5.26 Å². The summed E-state index contributed by atoms with van der Waals surface area (Å²) in [5.41, 5.74) is 0.315. The average Bonchev–Trinajstić information content (AvgIpc) is 2.05. The lowest BCUT2D eigenvalue weighted by Gasteiger charge is -2.02. The number of nitriles is 1. The molecule has 0 spiro atoms. The molecule has 1 rings (SSSR count). The predicted octanol–water partition coefficient (Wildman–Crippen LogP) is 2.49. The van der Waals surface area contributed by atoms with Crippen LogP contribution in [0.2, 0.25) is 0 Å². The Morgan fingerprint density at radius 2 is 2.17 bits per heavy atom. The zero-order valence-corrected chi connectivity index (χ0v) is 9.31. The molecule has 0 saturated heterocycles. The first-order valence-electron chi connectivity index (χ1n) is 2.99. The van der Waals surface area contributed by atoms with Crippen molar-refractivity contribution in [1.29, 1.82) is 5.26 Å². The molecule has 0 aromatic carbocycles. The Kier molecular flexibility index (Phi) is 3.06. The van der Waals surface area contributed by atoms with Gasteiger partial charge in [0.05, 0.1) is 16.1 Å². The molecular formula is C7H4Br2N2O. The molecule has 0 aliphatic rings. The number of halogens is 2. The summed E-state index contributed by atoms with van der Waals surface area (Å²) in [6.07, 6.45) is 0. The lowest BCUT2D eigenvalue weighted by Crippen LogP contribution is -1.92. The Hall–Kier alpha value is -0.600. The van der Waals surface area contributed by atoms with Gasteiger partial charge in [0.15, 0.2) is 5.69 Å². The van der Waals surface area contributed by atoms with Crippen LogP contribution in [0.3, 0.4) is 0 Å². The van der Waals surface area contributed by atoms with E-state index in [4.69, 9.17) is 10.00 Å². The van der Waals surface area contributed by atoms with Crippen molar-refractivity contribution in [3.8, 4) is 11.9 Å². The van der Waals surface area contributed by atoms with Gasteiger partial charge in [0.1, 0.15) is 6.07 Å². The third-order valence-electron chi connectivity index (χ3n) is 1.20. The maximum absolute atomic E-state index is 8.62. The molecule has 0 saturated carbocycles. The highest BCUT2D eigenvalue weighted by Gasteiger charge is 2.07. The lowest BCUT2D eigenvalue weighted by atomic mass is 10.4. The highest BCUT2D eigenvalue weighted by molar-refractivity contribution is 9.11. The summed E-state index contributed by atoms with van der Waals surface area (Å²) >= 11 is 6.44. The normalized spacial score (nSPS) is 9.17. The number of methoxy groups -OCH3 is 1. The van der Waals surface area contributed by atoms with Crippen LogP contribution in [0.15, 0.2) is 15.0 Å². The topological polar surface area (TPSA) is 45.9 Å². The van der Waals surface area contributed by atoms with Gasteiger partial charge >= 0.3 is 0 Å². The van der Waals surface area contributed by atoms with Crippen LogP contribution < -0.4 is 4.74 Å². The van der Waals surface area contributed by atoms with Gasteiger partial charge in [-0.25, -0.2) is 4.98 Å². The summed E-state index contributed by atoms with van der Waals surface area (Å²) < 4.78 is 6.28. The molecule has 0 fully saturated rings. The van der Waals surface area contributed by atoms with E-state index in [0.29, 0.717) is 16.0 Å². The zero-order valence-electron chi connectivity index (χ0n) is 6.14. The first kappa shape index (κ1) is 9.49. The third-order valence-corrected chi connectivity index (χ3v) is 2.37. The van der Waals surface area contributed by atoms with Crippen molar-refractivity contribution in [2.75, 3.05) is 7.11 Å². The molecule has 0 aliphatic carbocycles. The zero-order chi connectivity index (χ0) is 9.14. The number of ether oxygens (including phenoxy) is 1. The van der Waals surface area contributed by atoms with E-state index in [1.165, 1.54) is 7.11 Å². The molecule has 62 valence electrons. The van der Waals surface area contributed by atoms with E-state index in [1.54, 1.807) is 6.07 Å². The van der Waals surface area contributed by atoms with Crippen molar-refractivity contribution in [3.63, 3.8) is 0 Å². The Labute approximate surface area is 86.6 Å². The second-order valence-corrected chi connectivity index (χ2v) is 3.63. The van der Waals surface area contributed by atoms with Crippen molar-refractivity contribution >= 4 is 31.9 Å². The van der Waals surface area contributed by atoms with Crippen LogP contribution in [0.4, 0.5) is 0 Å². The SMILES string of the molecule is COc1nc(C#N)c(Br)cc1Br. The Morgan fingerprint density at radius 3 is 2.67 bits per heavy atom. The fraction of sp³-hybridized carbons (Fsp3) is 0.143. The van der Waals surface area contributed by atoms with Crippen molar-refractivity contribution in [1.82, 2.24) is 4.98 Å². The van der Waals surface area contributed by atoms with Gasteiger partial charge in [-0.1, -0.05) is 0 Å². The fourth-order valence-electron chi connectivity index (χ4n) is 0.671. The second-order valence-electron chi connectivity index (χ2n) is 1.92.